The molecule has 0 fully saturated rings. The van der Waals surface area contributed by atoms with Crippen molar-refractivity contribution in [2.24, 2.45) is 0 Å². The number of aromatic nitrogens is 1. The number of rotatable bonds is 5. The second-order valence-electron chi connectivity index (χ2n) is 4.16. The van der Waals surface area contributed by atoms with Gasteiger partial charge in [0.05, 0.1) is 11.7 Å². The van der Waals surface area contributed by atoms with Crippen LogP contribution in [0.15, 0.2) is 35.8 Å². The van der Waals surface area contributed by atoms with Crippen LogP contribution in [0.2, 0.25) is 0 Å². The van der Waals surface area contributed by atoms with Gasteiger partial charge in [-0.25, -0.2) is 0 Å². The van der Waals surface area contributed by atoms with Gasteiger partial charge in [-0.1, -0.05) is 13.0 Å². The maximum Gasteiger partial charge on any atom is 0.0845 e. The van der Waals surface area contributed by atoms with Crippen molar-refractivity contribution in [3.63, 3.8) is 0 Å². The lowest BCUT2D eigenvalue weighted by atomic mass is 10.1. The molecule has 2 aromatic rings. The van der Waals surface area contributed by atoms with Crippen LogP contribution >= 0.6 is 11.3 Å². The van der Waals surface area contributed by atoms with Gasteiger partial charge in [0.2, 0.25) is 0 Å². The van der Waals surface area contributed by atoms with Crippen LogP contribution in [-0.2, 0) is 0 Å². The molecule has 0 bridgehead atoms. The van der Waals surface area contributed by atoms with Crippen molar-refractivity contribution in [2.75, 3.05) is 6.54 Å². The highest BCUT2D eigenvalue weighted by atomic mass is 32.1. The Bertz CT molecular complexity index is 451. The predicted octanol–water partition coefficient (Wildman–Crippen LogP) is 3.54. The summed E-state index contributed by atoms with van der Waals surface area (Å²) >= 11 is 1.78. The van der Waals surface area contributed by atoms with Crippen LogP contribution in [0.5, 0.6) is 0 Å². The molecule has 0 saturated carbocycles. The van der Waals surface area contributed by atoms with Crippen molar-refractivity contribution < 1.29 is 0 Å². The molecule has 0 radical (unpaired) electrons. The molecule has 0 aromatic carbocycles. The van der Waals surface area contributed by atoms with Crippen LogP contribution in [-0.4, -0.2) is 11.5 Å². The van der Waals surface area contributed by atoms with Crippen LogP contribution in [0.1, 0.15) is 35.5 Å². The van der Waals surface area contributed by atoms with E-state index >= 15 is 0 Å². The SMILES string of the molecule is CCCNC(c1cc(C)ccn1)c1cccs1. The van der Waals surface area contributed by atoms with Crippen LogP contribution in [0.3, 0.4) is 0 Å². The zero-order valence-corrected chi connectivity index (χ0v) is 11.1. The van der Waals surface area contributed by atoms with Gasteiger partial charge in [-0.15, -0.1) is 11.3 Å². The molecule has 0 aliphatic heterocycles. The van der Waals surface area contributed by atoms with Gasteiger partial charge >= 0.3 is 0 Å². The summed E-state index contributed by atoms with van der Waals surface area (Å²) in [6, 6.07) is 8.69. The van der Waals surface area contributed by atoms with Gasteiger partial charge in [0.1, 0.15) is 0 Å². The van der Waals surface area contributed by atoms with Crippen molar-refractivity contribution in [1.82, 2.24) is 10.3 Å². The highest BCUT2D eigenvalue weighted by Gasteiger charge is 2.15. The quantitative estimate of drug-likeness (QED) is 0.873. The second kappa shape index (κ2) is 5.94. The summed E-state index contributed by atoms with van der Waals surface area (Å²) in [4.78, 5) is 5.82. The van der Waals surface area contributed by atoms with Gasteiger partial charge < -0.3 is 5.32 Å². The van der Waals surface area contributed by atoms with E-state index in [1.54, 1.807) is 11.3 Å². The zero-order valence-electron chi connectivity index (χ0n) is 10.3. The molecular weight excluding hydrogens is 228 g/mol. The predicted molar refractivity (Wildman–Crippen MR) is 73.4 cm³/mol. The summed E-state index contributed by atoms with van der Waals surface area (Å²) in [7, 11) is 0. The molecule has 0 spiro atoms. The average molecular weight is 246 g/mol. The first-order valence-corrected chi connectivity index (χ1v) is 6.88. The molecular formula is C14H18N2S. The molecule has 3 heteroatoms. The standard InChI is InChI=1S/C14H18N2S/c1-3-7-16-14(13-5-4-9-17-13)12-10-11(2)6-8-15-12/h4-6,8-10,14,16H,3,7H2,1-2H3. The molecule has 1 unspecified atom stereocenters. The average Bonchev–Trinajstić information content (AvgIpc) is 2.83. The van der Waals surface area contributed by atoms with Crippen LogP contribution in [0.4, 0.5) is 0 Å². The summed E-state index contributed by atoms with van der Waals surface area (Å²) in [6.45, 7) is 5.30. The Kier molecular flexibility index (Phi) is 4.29. The van der Waals surface area contributed by atoms with Crippen LogP contribution in [0.25, 0.3) is 0 Å². The van der Waals surface area contributed by atoms with Gasteiger partial charge in [-0.2, -0.15) is 0 Å². The lowest BCUT2D eigenvalue weighted by Gasteiger charge is -2.17. The van der Waals surface area contributed by atoms with Gasteiger partial charge in [0, 0.05) is 11.1 Å². The fraction of sp³-hybridized carbons (Fsp3) is 0.357. The minimum Gasteiger partial charge on any atom is -0.304 e. The Morgan fingerprint density at radius 1 is 1.41 bits per heavy atom. The molecule has 2 rings (SSSR count). The van der Waals surface area contributed by atoms with E-state index < -0.39 is 0 Å². The second-order valence-corrected chi connectivity index (χ2v) is 5.14. The van der Waals surface area contributed by atoms with E-state index in [1.807, 2.05) is 12.3 Å². The minimum atomic E-state index is 0.231. The molecule has 1 N–H and O–H groups in total. The van der Waals surface area contributed by atoms with Gasteiger partial charge in [-0.05, 0) is 49.0 Å². The molecule has 1 atom stereocenters. The van der Waals surface area contributed by atoms with E-state index in [2.05, 4.69) is 47.7 Å². The maximum absolute atomic E-state index is 4.49. The van der Waals surface area contributed by atoms with Gasteiger partial charge in [-0.3, -0.25) is 4.98 Å². The summed E-state index contributed by atoms with van der Waals surface area (Å²) in [5, 5.41) is 5.68. The van der Waals surface area contributed by atoms with Crippen LogP contribution in [0, 0.1) is 6.92 Å². The van der Waals surface area contributed by atoms with Crippen molar-refractivity contribution >= 4 is 11.3 Å². The summed E-state index contributed by atoms with van der Waals surface area (Å²) in [5.41, 5.74) is 2.37. The molecule has 2 aromatic heterocycles. The van der Waals surface area contributed by atoms with E-state index in [4.69, 9.17) is 0 Å². The van der Waals surface area contributed by atoms with E-state index in [0.29, 0.717) is 0 Å². The Morgan fingerprint density at radius 2 is 2.29 bits per heavy atom. The number of hydrogen-bond donors (Lipinski definition) is 1. The largest absolute Gasteiger partial charge is 0.304 e. The fourth-order valence-corrected chi connectivity index (χ4v) is 2.62. The van der Waals surface area contributed by atoms with E-state index in [1.165, 1.54) is 10.4 Å². The topological polar surface area (TPSA) is 24.9 Å². The third kappa shape index (κ3) is 3.14. The lowest BCUT2D eigenvalue weighted by molar-refractivity contribution is 0.593. The number of hydrogen-bond acceptors (Lipinski definition) is 3. The highest BCUT2D eigenvalue weighted by molar-refractivity contribution is 7.10. The third-order valence-electron chi connectivity index (χ3n) is 2.66. The van der Waals surface area contributed by atoms with Crippen molar-refractivity contribution in [3.05, 3.63) is 52.0 Å². The van der Waals surface area contributed by atoms with Gasteiger partial charge in [0.15, 0.2) is 0 Å². The monoisotopic (exact) mass is 246 g/mol. The molecule has 0 aliphatic carbocycles. The Balaban J connectivity index is 2.27. The van der Waals surface area contributed by atoms with Crippen molar-refractivity contribution in [2.45, 2.75) is 26.3 Å². The molecule has 0 amide bonds. The van der Waals surface area contributed by atoms with Gasteiger partial charge in [0.25, 0.3) is 0 Å². The first-order valence-electron chi connectivity index (χ1n) is 6.00. The Labute approximate surface area is 107 Å². The summed E-state index contributed by atoms with van der Waals surface area (Å²) in [5.74, 6) is 0. The van der Waals surface area contributed by atoms with Crippen molar-refractivity contribution in [3.8, 4) is 0 Å². The zero-order chi connectivity index (χ0) is 12.1. The van der Waals surface area contributed by atoms with E-state index in [0.717, 1.165) is 18.7 Å². The summed E-state index contributed by atoms with van der Waals surface area (Å²) in [6.07, 6.45) is 3.02. The molecule has 17 heavy (non-hydrogen) atoms. The maximum atomic E-state index is 4.49. The molecule has 90 valence electrons. The number of pyridine rings is 1. The minimum absolute atomic E-state index is 0.231. The highest BCUT2D eigenvalue weighted by Crippen LogP contribution is 2.24. The van der Waals surface area contributed by atoms with E-state index in [-0.39, 0.29) is 6.04 Å². The molecule has 0 aliphatic rings. The first-order chi connectivity index (χ1) is 8.31. The molecule has 2 nitrogen and oxygen atoms in total. The number of nitrogens with zero attached hydrogens (tertiary/aromatic N) is 1. The summed E-state index contributed by atoms with van der Waals surface area (Å²) < 4.78 is 0. The Morgan fingerprint density at radius 3 is 2.94 bits per heavy atom. The lowest BCUT2D eigenvalue weighted by Crippen LogP contribution is -2.23. The normalized spacial score (nSPS) is 12.6. The molecule has 0 saturated heterocycles. The molecule has 2 heterocycles. The third-order valence-corrected chi connectivity index (χ3v) is 3.60. The number of thiophene rings is 1. The smallest absolute Gasteiger partial charge is 0.0845 e. The Hall–Kier alpha value is -1.19. The fourth-order valence-electron chi connectivity index (χ4n) is 1.81. The van der Waals surface area contributed by atoms with E-state index in [9.17, 15) is 0 Å². The van der Waals surface area contributed by atoms with Crippen LogP contribution < -0.4 is 5.32 Å². The van der Waals surface area contributed by atoms with Crippen molar-refractivity contribution in [1.29, 1.82) is 0 Å². The first kappa shape index (κ1) is 12.3. The number of aryl methyl sites for hydroxylation is 1. The number of nitrogens with one attached hydrogen (secondary N) is 1.